The fourth-order valence-electron chi connectivity index (χ4n) is 3.08. The molecule has 0 aliphatic heterocycles. The van der Waals surface area contributed by atoms with E-state index in [4.69, 9.17) is 16.9 Å². The zero-order chi connectivity index (χ0) is 14.8. The average Bonchev–Trinajstić information content (AvgIpc) is 2.91. The standard InChI is InChI=1S/C17H18ClN3/c1-20-17-4-2-3-13-9-21(11-15(13)17)10-14-6-5-12(8-19)7-16(14)18/h5-7,9,11,17,20H,2-4,10H2,1H3. The Labute approximate surface area is 130 Å². The molecule has 1 aliphatic rings. The number of rotatable bonds is 3. The number of aryl methyl sites for hydroxylation is 1. The van der Waals surface area contributed by atoms with Gasteiger partial charge in [-0.2, -0.15) is 5.26 Å². The van der Waals surface area contributed by atoms with Crippen LogP contribution in [0.5, 0.6) is 0 Å². The van der Waals surface area contributed by atoms with Crippen molar-refractivity contribution in [2.75, 3.05) is 7.05 Å². The Morgan fingerprint density at radius 3 is 3.00 bits per heavy atom. The number of nitrogens with one attached hydrogen (secondary N) is 1. The minimum atomic E-state index is 0.464. The van der Waals surface area contributed by atoms with Gasteiger partial charge in [-0.1, -0.05) is 17.7 Å². The molecule has 1 aromatic heterocycles. The summed E-state index contributed by atoms with van der Waals surface area (Å²) in [5, 5.41) is 12.9. The van der Waals surface area contributed by atoms with E-state index in [-0.39, 0.29) is 0 Å². The fourth-order valence-corrected chi connectivity index (χ4v) is 3.32. The van der Waals surface area contributed by atoms with Crippen LogP contribution in [-0.2, 0) is 13.0 Å². The summed E-state index contributed by atoms with van der Waals surface area (Å²) in [5.41, 5.74) is 4.49. The quantitative estimate of drug-likeness (QED) is 0.939. The van der Waals surface area contributed by atoms with E-state index >= 15 is 0 Å². The third-order valence-corrected chi connectivity index (χ3v) is 4.55. The van der Waals surface area contributed by atoms with Gasteiger partial charge in [-0.25, -0.2) is 0 Å². The molecule has 1 aromatic carbocycles. The molecular formula is C17H18ClN3. The van der Waals surface area contributed by atoms with Crippen LogP contribution in [0.15, 0.2) is 30.6 Å². The number of halogens is 1. The van der Waals surface area contributed by atoms with Crippen LogP contribution in [0, 0.1) is 11.3 Å². The Balaban J connectivity index is 1.86. The second kappa shape index (κ2) is 5.93. The monoisotopic (exact) mass is 299 g/mol. The van der Waals surface area contributed by atoms with Gasteiger partial charge in [0.25, 0.3) is 0 Å². The number of aromatic nitrogens is 1. The maximum Gasteiger partial charge on any atom is 0.0992 e. The van der Waals surface area contributed by atoms with E-state index in [2.05, 4.69) is 28.3 Å². The van der Waals surface area contributed by atoms with Crippen molar-refractivity contribution in [3.63, 3.8) is 0 Å². The predicted molar refractivity (Wildman–Crippen MR) is 84.4 cm³/mol. The highest BCUT2D eigenvalue weighted by atomic mass is 35.5. The Morgan fingerprint density at radius 2 is 2.29 bits per heavy atom. The highest BCUT2D eigenvalue weighted by molar-refractivity contribution is 6.31. The van der Waals surface area contributed by atoms with Gasteiger partial charge in [0.05, 0.1) is 11.6 Å². The first-order valence-electron chi connectivity index (χ1n) is 7.25. The molecule has 0 bridgehead atoms. The van der Waals surface area contributed by atoms with Crippen molar-refractivity contribution in [3.8, 4) is 6.07 Å². The summed E-state index contributed by atoms with van der Waals surface area (Å²) >= 11 is 6.26. The van der Waals surface area contributed by atoms with Crippen molar-refractivity contribution in [3.05, 3.63) is 57.9 Å². The Bertz CT molecular complexity index is 697. The van der Waals surface area contributed by atoms with Gasteiger partial charge >= 0.3 is 0 Å². The Hall–Kier alpha value is -1.76. The summed E-state index contributed by atoms with van der Waals surface area (Å²) in [6, 6.07) is 8.07. The molecule has 0 saturated heterocycles. The molecule has 4 heteroatoms. The lowest BCUT2D eigenvalue weighted by atomic mass is 9.91. The summed E-state index contributed by atoms with van der Waals surface area (Å²) in [6.45, 7) is 0.744. The van der Waals surface area contributed by atoms with Gasteiger partial charge in [-0.05, 0) is 55.1 Å². The molecule has 108 valence electrons. The minimum absolute atomic E-state index is 0.464. The highest BCUT2D eigenvalue weighted by Gasteiger charge is 2.20. The van der Waals surface area contributed by atoms with Crippen LogP contribution in [0.4, 0.5) is 0 Å². The van der Waals surface area contributed by atoms with Crippen molar-refractivity contribution in [2.45, 2.75) is 31.8 Å². The van der Waals surface area contributed by atoms with Gasteiger partial charge in [0.15, 0.2) is 0 Å². The second-order valence-electron chi connectivity index (χ2n) is 5.56. The molecule has 2 aromatic rings. The first-order valence-corrected chi connectivity index (χ1v) is 7.63. The van der Waals surface area contributed by atoms with Gasteiger partial charge in [-0.3, -0.25) is 0 Å². The fraction of sp³-hybridized carbons (Fsp3) is 0.353. The molecule has 1 aliphatic carbocycles. The SMILES string of the molecule is CNC1CCCc2cn(Cc3ccc(C#N)cc3Cl)cc21. The maximum atomic E-state index is 8.89. The normalized spacial score (nSPS) is 17.3. The van der Waals surface area contributed by atoms with Crippen molar-refractivity contribution in [1.82, 2.24) is 9.88 Å². The Kier molecular flexibility index (Phi) is 4.01. The molecule has 0 spiro atoms. The Morgan fingerprint density at radius 1 is 1.43 bits per heavy atom. The molecule has 0 radical (unpaired) electrons. The first-order chi connectivity index (χ1) is 10.2. The number of nitriles is 1. The van der Waals surface area contributed by atoms with Gasteiger partial charge in [0.2, 0.25) is 0 Å². The van der Waals surface area contributed by atoms with E-state index in [9.17, 15) is 0 Å². The molecule has 1 unspecified atom stereocenters. The van der Waals surface area contributed by atoms with E-state index < -0.39 is 0 Å². The maximum absolute atomic E-state index is 8.89. The lowest BCUT2D eigenvalue weighted by Gasteiger charge is -2.21. The molecule has 3 rings (SSSR count). The zero-order valence-corrected chi connectivity index (χ0v) is 12.8. The van der Waals surface area contributed by atoms with Gasteiger partial charge in [0.1, 0.15) is 0 Å². The number of fused-ring (bicyclic) bond motifs is 1. The summed E-state index contributed by atoms with van der Waals surface area (Å²) in [6.07, 6.45) is 8.05. The molecule has 0 fully saturated rings. The molecule has 21 heavy (non-hydrogen) atoms. The van der Waals surface area contributed by atoms with Crippen molar-refractivity contribution >= 4 is 11.6 Å². The van der Waals surface area contributed by atoms with E-state index in [1.807, 2.05) is 19.2 Å². The number of hydrogen-bond donors (Lipinski definition) is 1. The van der Waals surface area contributed by atoms with Gasteiger partial charge in [0, 0.05) is 30.0 Å². The third-order valence-electron chi connectivity index (χ3n) is 4.20. The van der Waals surface area contributed by atoms with Crippen molar-refractivity contribution < 1.29 is 0 Å². The van der Waals surface area contributed by atoms with Gasteiger partial charge in [-0.15, -0.1) is 0 Å². The molecule has 0 amide bonds. The summed E-state index contributed by atoms with van der Waals surface area (Å²) in [5.74, 6) is 0. The van der Waals surface area contributed by atoms with E-state index in [0.717, 1.165) is 18.5 Å². The summed E-state index contributed by atoms with van der Waals surface area (Å²) < 4.78 is 2.20. The van der Waals surface area contributed by atoms with Crippen LogP contribution >= 0.6 is 11.6 Å². The summed E-state index contributed by atoms with van der Waals surface area (Å²) in [7, 11) is 2.02. The van der Waals surface area contributed by atoms with E-state index in [0.29, 0.717) is 16.6 Å². The summed E-state index contributed by atoms with van der Waals surface area (Å²) in [4.78, 5) is 0. The molecule has 3 nitrogen and oxygen atoms in total. The smallest absolute Gasteiger partial charge is 0.0992 e. The second-order valence-corrected chi connectivity index (χ2v) is 5.97. The molecular weight excluding hydrogens is 282 g/mol. The lowest BCUT2D eigenvalue weighted by Crippen LogP contribution is -2.20. The van der Waals surface area contributed by atoms with Gasteiger partial charge < -0.3 is 9.88 Å². The van der Waals surface area contributed by atoms with E-state index in [1.54, 1.807) is 6.07 Å². The minimum Gasteiger partial charge on any atom is -0.349 e. The largest absolute Gasteiger partial charge is 0.349 e. The van der Waals surface area contributed by atoms with Crippen molar-refractivity contribution in [1.29, 1.82) is 5.26 Å². The van der Waals surface area contributed by atoms with Crippen LogP contribution in [0.1, 0.15) is 41.1 Å². The topological polar surface area (TPSA) is 40.8 Å². The van der Waals surface area contributed by atoms with Crippen LogP contribution < -0.4 is 5.32 Å². The first kappa shape index (κ1) is 14.2. The molecule has 1 heterocycles. The molecule has 1 atom stereocenters. The molecule has 1 N–H and O–H groups in total. The predicted octanol–water partition coefficient (Wildman–Crippen LogP) is 3.66. The van der Waals surface area contributed by atoms with Crippen LogP contribution in [0.25, 0.3) is 0 Å². The number of nitrogens with zero attached hydrogens (tertiary/aromatic N) is 2. The van der Waals surface area contributed by atoms with Crippen molar-refractivity contribution in [2.24, 2.45) is 0 Å². The molecule has 0 saturated carbocycles. The number of benzene rings is 1. The van der Waals surface area contributed by atoms with Crippen LogP contribution in [0.2, 0.25) is 5.02 Å². The number of hydrogen-bond acceptors (Lipinski definition) is 2. The van der Waals surface area contributed by atoms with E-state index in [1.165, 1.54) is 24.0 Å². The van der Waals surface area contributed by atoms with Crippen LogP contribution in [0.3, 0.4) is 0 Å². The average molecular weight is 300 g/mol. The third kappa shape index (κ3) is 2.83. The zero-order valence-electron chi connectivity index (χ0n) is 12.1. The lowest BCUT2D eigenvalue weighted by molar-refractivity contribution is 0.498. The highest BCUT2D eigenvalue weighted by Crippen LogP contribution is 2.30. The van der Waals surface area contributed by atoms with Crippen LogP contribution in [-0.4, -0.2) is 11.6 Å².